The third-order valence-corrected chi connectivity index (χ3v) is 4.01. The van der Waals surface area contributed by atoms with Gasteiger partial charge >= 0.3 is 12.0 Å². The standard InChI is InChI=1S/C15H16N2O3S/c1-9-5-3-6-10(2)12(9)16-15(20)17-13(14(18)19)11-7-4-8-21-11/h3-8,13H,1-2H3,(H,18,19)(H2,16,17,20). The minimum atomic E-state index is -1.09. The second-order valence-electron chi connectivity index (χ2n) is 4.65. The molecule has 0 saturated heterocycles. The fourth-order valence-corrected chi connectivity index (χ4v) is 2.77. The summed E-state index contributed by atoms with van der Waals surface area (Å²) < 4.78 is 0. The summed E-state index contributed by atoms with van der Waals surface area (Å²) in [6.07, 6.45) is 0. The largest absolute Gasteiger partial charge is 0.479 e. The molecule has 6 heteroatoms. The number of aryl methyl sites for hydroxylation is 2. The average Bonchev–Trinajstić information content (AvgIpc) is 2.94. The zero-order valence-electron chi connectivity index (χ0n) is 11.7. The molecule has 110 valence electrons. The Morgan fingerprint density at radius 1 is 1.14 bits per heavy atom. The van der Waals surface area contributed by atoms with Gasteiger partial charge in [0.1, 0.15) is 0 Å². The van der Waals surface area contributed by atoms with Crippen LogP contribution in [0.25, 0.3) is 0 Å². The number of para-hydroxylation sites is 1. The zero-order valence-corrected chi connectivity index (χ0v) is 12.5. The van der Waals surface area contributed by atoms with Crippen molar-refractivity contribution in [1.29, 1.82) is 0 Å². The van der Waals surface area contributed by atoms with Crippen LogP contribution >= 0.6 is 11.3 Å². The third kappa shape index (κ3) is 3.61. The Morgan fingerprint density at radius 3 is 2.33 bits per heavy atom. The topological polar surface area (TPSA) is 78.4 Å². The number of carboxylic acid groups (broad SMARTS) is 1. The number of amides is 2. The van der Waals surface area contributed by atoms with Crippen LogP contribution in [0, 0.1) is 13.8 Å². The smallest absolute Gasteiger partial charge is 0.331 e. The number of carboxylic acids is 1. The monoisotopic (exact) mass is 304 g/mol. The van der Waals surface area contributed by atoms with Gasteiger partial charge in [0, 0.05) is 10.6 Å². The van der Waals surface area contributed by atoms with Crippen molar-refractivity contribution >= 4 is 29.0 Å². The van der Waals surface area contributed by atoms with E-state index in [0.29, 0.717) is 10.6 Å². The van der Waals surface area contributed by atoms with Gasteiger partial charge < -0.3 is 15.7 Å². The minimum Gasteiger partial charge on any atom is -0.479 e. The number of aliphatic carboxylic acids is 1. The summed E-state index contributed by atoms with van der Waals surface area (Å²) in [5.74, 6) is -1.09. The lowest BCUT2D eigenvalue weighted by molar-refractivity contribution is -0.139. The van der Waals surface area contributed by atoms with Gasteiger partial charge in [-0.15, -0.1) is 11.3 Å². The van der Waals surface area contributed by atoms with Crippen molar-refractivity contribution in [2.45, 2.75) is 19.9 Å². The molecule has 1 heterocycles. The molecule has 21 heavy (non-hydrogen) atoms. The predicted molar refractivity (Wildman–Crippen MR) is 82.8 cm³/mol. The summed E-state index contributed by atoms with van der Waals surface area (Å²) in [5, 5.41) is 16.2. The molecule has 1 aromatic carbocycles. The van der Waals surface area contributed by atoms with Crippen LogP contribution in [0.2, 0.25) is 0 Å². The molecule has 0 aliphatic rings. The fourth-order valence-electron chi connectivity index (χ4n) is 2.00. The predicted octanol–water partition coefficient (Wildman–Crippen LogP) is 3.31. The molecule has 2 aromatic rings. The van der Waals surface area contributed by atoms with Gasteiger partial charge in [0.05, 0.1) is 0 Å². The number of rotatable bonds is 4. The van der Waals surface area contributed by atoms with E-state index in [9.17, 15) is 14.7 Å². The van der Waals surface area contributed by atoms with E-state index in [1.165, 1.54) is 11.3 Å². The van der Waals surface area contributed by atoms with Crippen molar-refractivity contribution in [3.63, 3.8) is 0 Å². The quantitative estimate of drug-likeness (QED) is 0.811. The molecular formula is C15H16N2O3S. The highest BCUT2D eigenvalue weighted by molar-refractivity contribution is 7.10. The van der Waals surface area contributed by atoms with Crippen molar-refractivity contribution in [1.82, 2.24) is 5.32 Å². The van der Waals surface area contributed by atoms with Gasteiger partial charge in [0.15, 0.2) is 6.04 Å². The molecule has 0 aliphatic heterocycles. The molecular weight excluding hydrogens is 288 g/mol. The number of urea groups is 1. The Bertz CT molecular complexity index is 633. The molecule has 2 rings (SSSR count). The van der Waals surface area contributed by atoms with Crippen molar-refractivity contribution in [2.24, 2.45) is 0 Å². The van der Waals surface area contributed by atoms with E-state index in [2.05, 4.69) is 10.6 Å². The molecule has 1 atom stereocenters. The number of nitrogens with one attached hydrogen (secondary N) is 2. The molecule has 0 bridgehead atoms. The number of hydrogen-bond donors (Lipinski definition) is 3. The van der Waals surface area contributed by atoms with E-state index < -0.39 is 18.0 Å². The molecule has 1 aromatic heterocycles. The summed E-state index contributed by atoms with van der Waals surface area (Å²) in [7, 11) is 0. The SMILES string of the molecule is Cc1cccc(C)c1NC(=O)NC(C(=O)O)c1cccs1. The summed E-state index contributed by atoms with van der Waals surface area (Å²) in [6.45, 7) is 3.77. The van der Waals surface area contributed by atoms with Crippen LogP contribution in [0.3, 0.4) is 0 Å². The Morgan fingerprint density at radius 2 is 1.81 bits per heavy atom. The van der Waals surface area contributed by atoms with Crippen LogP contribution in [0.1, 0.15) is 22.0 Å². The lowest BCUT2D eigenvalue weighted by Gasteiger charge is -2.16. The number of benzene rings is 1. The van der Waals surface area contributed by atoms with Crippen molar-refractivity contribution < 1.29 is 14.7 Å². The molecule has 0 spiro atoms. The summed E-state index contributed by atoms with van der Waals surface area (Å²) >= 11 is 1.29. The van der Waals surface area contributed by atoms with Gasteiger partial charge in [0.2, 0.25) is 0 Å². The van der Waals surface area contributed by atoms with Gasteiger partial charge in [-0.05, 0) is 36.4 Å². The van der Waals surface area contributed by atoms with Crippen molar-refractivity contribution in [3.05, 3.63) is 51.7 Å². The van der Waals surface area contributed by atoms with E-state index in [4.69, 9.17) is 0 Å². The first-order valence-electron chi connectivity index (χ1n) is 6.39. The normalized spacial score (nSPS) is 11.7. The highest BCUT2D eigenvalue weighted by Crippen LogP contribution is 2.21. The maximum Gasteiger partial charge on any atom is 0.331 e. The molecule has 1 unspecified atom stereocenters. The Balaban J connectivity index is 2.12. The lowest BCUT2D eigenvalue weighted by atomic mass is 10.1. The number of hydrogen-bond acceptors (Lipinski definition) is 3. The van der Waals surface area contributed by atoms with Crippen LogP contribution in [0.4, 0.5) is 10.5 Å². The van der Waals surface area contributed by atoms with E-state index in [0.717, 1.165) is 11.1 Å². The van der Waals surface area contributed by atoms with Gasteiger partial charge in [0.25, 0.3) is 0 Å². The van der Waals surface area contributed by atoms with Crippen molar-refractivity contribution in [3.8, 4) is 0 Å². The first kappa shape index (κ1) is 15.1. The number of thiophene rings is 1. The first-order chi connectivity index (χ1) is 9.99. The van der Waals surface area contributed by atoms with E-state index in [1.807, 2.05) is 32.0 Å². The van der Waals surface area contributed by atoms with E-state index in [-0.39, 0.29) is 0 Å². The second-order valence-corrected chi connectivity index (χ2v) is 5.63. The van der Waals surface area contributed by atoms with Crippen LogP contribution in [0.5, 0.6) is 0 Å². The number of anilines is 1. The Kier molecular flexibility index (Phi) is 4.59. The van der Waals surface area contributed by atoms with Crippen LogP contribution in [-0.2, 0) is 4.79 Å². The van der Waals surface area contributed by atoms with Gasteiger partial charge in [-0.2, -0.15) is 0 Å². The molecule has 0 fully saturated rings. The first-order valence-corrected chi connectivity index (χ1v) is 7.27. The maximum absolute atomic E-state index is 12.0. The van der Waals surface area contributed by atoms with Gasteiger partial charge in [-0.25, -0.2) is 9.59 Å². The number of carbonyl (C=O) groups is 2. The number of carbonyl (C=O) groups excluding carboxylic acids is 1. The van der Waals surface area contributed by atoms with E-state index >= 15 is 0 Å². The molecule has 5 nitrogen and oxygen atoms in total. The average molecular weight is 304 g/mol. The fraction of sp³-hybridized carbons (Fsp3) is 0.200. The molecule has 2 amide bonds. The molecule has 0 aliphatic carbocycles. The zero-order chi connectivity index (χ0) is 15.4. The highest BCUT2D eigenvalue weighted by atomic mass is 32.1. The lowest BCUT2D eigenvalue weighted by Crippen LogP contribution is -2.36. The third-order valence-electron chi connectivity index (χ3n) is 3.07. The highest BCUT2D eigenvalue weighted by Gasteiger charge is 2.23. The minimum absolute atomic E-state index is 0.534. The second kappa shape index (κ2) is 6.41. The summed E-state index contributed by atoms with van der Waals surface area (Å²) in [5.41, 5.74) is 2.55. The van der Waals surface area contributed by atoms with Gasteiger partial charge in [-0.1, -0.05) is 24.3 Å². The van der Waals surface area contributed by atoms with Crippen LogP contribution < -0.4 is 10.6 Å². The van der Waals surface area contributed by atoms with Crippen molar-refractivity contribution in [2.75, 3.05) is 5.32 Å². The van der Waals surface area contributed by atoms with Gasteiger partial charge in [-0.3, -0.25) is 0 Å². The summed E-state index contributed by atoms with van der Waals surface area (Å²) in [6, 6.07) is 7.53. The van der Waals surface area contributed by atoms with Crippen LogP contribution in [0.15, 0.2) is 35.7 Å². The Labute approximate surface area is 126 Å². The van der Waals surface area contributed by atoms with E-state index in [1.54, 1.807) is 17.5 Å². The molecule has 0 saturated carbocycles. The molecule has 3 N–H and O–H groups in total. The molecule has 0 radical (unpaired) electrons. The van der Waals surface area contributed by atoms with Crippen LogP contribution in [-0.4, -0.2) is 17.1 Å². The summed E-state index contributed by atoms with van der Waals surface area (Å²) in [4.78, 5) is 23.9. The Hall–Kier alpha value is -2.34. The maximum atomic E-state index is 12.0.